The molecule has 0 aliphatic heterocycles. The van der Waals surface area contributed by atoms with Crippen molar-refractivity contribution in [1.29, 1.82) is 0 Å². The van der Waals surface area contributed by atoms with Crippen LogP contribution in [0.15, 0.2) is 24.9 Å². The summed E-state index contributed by atoms with van der Waals surface area (Å²) in [4.78, 5) is 4.27. The molecule has 0 aliphatic carbocycles. The van der Waals surface area contributed by atoms with Crippen LogP contribution in [0.2, 0.25) is 0 Å². The first kappa shape index (κ1) is 11.5. The summed E-state index contributed by atoms with van der Waals surface area (Å²) in [5.74, 6) is 0. The lowest BCUT2D eigenvalue weighted by molar-refractivity contribution is 0.275. The molecule has 4 nitrogen and oxygen atoms in total. The maximum atomic E-state index is 9.24. The molecule has 4 heteroatoms. The highest BCUT2D eigenvalue weighted by Gasteiger charge is 2.14. The van der Waals surface area contributed by atoms with Crippen LogP contribution >= 0.6 is 0 Å². The predicted molar refractivity (Wildman–Crippen MR) is 67.2 cm³/mol. The van der Waals surface area contributed by atoms with Crippen LogP contribution < -0.4 is 0 Å². The van der Waals surface area contributed by atoms with Gasteiger partial charge in [0.2, 0.25) is 0 Å². The minimum Gasteiger partial charge on any atom is -0.390 e. The van der Waals surface area contributed by atoms with Gasteiger partial charge in [0, 0.05) is 30.1 Å². The molecular formula is C13H15N3O. The van der Waals surface area contributed by atoms with Gasteiger partial charge in [0.05, 0.1) is 18.0 Å². The van der Waals surface area contributed by atoms with E-state index in [2.05, 4.69) is 16.7 Å². The number of pyridine rings is 1. The van der Waals surface area contributed by atoms with Gasteiger partial charge in [-0.15, -0.1) is 0 Å². The molecule has 0 aliphatic rings. The van der Waals surface area contributed by atoms with Crippen LogP contribution in [-0.4, -0.2) is 19.9 Å². The van der Waals surface area contributed by atoms with Crippen LogP contribution in [-0.2, 0) is 13.7 Å². The number of hydrogen-bond acceptors (Lipinski definition) is 3. The number of aliphatic hydroxyl groups excluding tert-OH is 1. The summed E-state index contributed by atoms with van der Waals surface area (Å²) in [5.41, 5.74) is 4.37. The van der Waals surface area contributed by atoms with Crippen molar-refractivity contribution in [2.75, 3.05) is 0 Å². The smallest absolute Gasteiger partial charge is 0.0957 e. The van der Waals surface area contributed by atoms with Crippen molar-refractivity contribution in [2.45, 2.75) is 13.5 Å². The van der Waals surface area contributed by atoms with Crippen LogP contribution in [0.5, 0.6) is 0 Å². The predicted octanol–water partition coefficient (Wildman–Crippen LogP) is 1.93. The van der Waals surface area contributed by atoms with Crippen molar-refractivity contribution < 1.29 is 5.11 Å². The average molecular weight is 229 g/mol. The van der Waals surface area contributed by atoms with Crippen LogP contribution in [0.1, 0.15) is 17.0 Å². The number of aryl methyl sites for hydroxylation is 2. The summed E-state index contributed by atoms with van der Waals surface area (Å²) in [6.07, 6.45) is 3.52. The second-order valence-corrected chi connectivity index (χ2v) is 3.88. The molecule has 2 rings (SSSR count). The third-order valence-electron chi connectivity index (χ3n) is 2.70. The molecule has 2 aromatic heterocycles. The van der Waals surface area contributed by atoms with Crippen molar-refractivity contribution in [2.24, 2.45) is 7.05 Å². The fourth-order valence-electron chi connectivity index (χ4n) is 1.88. The average Bonchev–Trinajstić information content (AvgIpc) is 2.66. The standard InChI is InChI=1S/C13H15N3O/c1-4-11-12(8-17)15-16(3)13(11)10-6-5-9(2)14-7-10/h4-7,17H,1,8H2,2-3H3. The molecule has 0 unspecified atom stereocenters. The lowest BCUT2D eigenvalue weighted by atomic mass is 10.1. The van der Waals surface area contributed by atoms with Crippen LogP contribution in [0.3, 0.4) is 0 Å². The fourth-order valence-corrected chi connectivity index (χ4v) is 1.88. The highest BCUT2D eigenvalue weighted by molar-refractivity contribution is 5.72. The second kappa shape index (κ2) is 4.51. The molecule has 0 fully saturated rings. The Balaban J connectivity index is 2.61. The summed E-state index contributed by atoms with van der Waals surface area (Å²) in [6, 6.07) is 3.95. The van der Waals surface area contributed by atoms with Crippen molar-refractivity contribution in [3.8, 4) is 11.3 Å². The van der Waals surface area contributed by atoms with E-state index in [0.29, 0.717) is 5.69 Å². The maximum Gasteiger partial charge on any atom is 0.0957 e. The largest absolute Gasteiger partial charge is 0.390 e. The third kappa shape index (κ3) is 1.99. The van der Waals surface area contributed by atoms with E-state index >= 15 is 0 Å². The Morgan fingerprint density at radius 3 is 2.76 bits per heavy atom. The Morgan fingerprint density at radius 1 is 1.47 bits per heavy atom. The Hall–Kier alpha value is -1.94. The highest BCUT2D eigenvalue weighted by Crippen LogP contribution is 2.26. The first-order valence-corrected chi connectivity index (χ1v) is 5.39. The number of rotatable bonds is 3. The normalized spacial score (nSPS) is 10.5. The minimum absolute atomic E-state index is 0.0888. The summed E-state index contributed by atoms with van der Waals surface area (Å²) < 4.78 is 1.74. The van der Waals surface area contributed by atoms with Crippen molar-refractivity contribution in [3.63, 3.8) is 0 Å². The fraction of sp³-hybridized carbons (Fsp3) is 0.231. The SMILES string of the molecule is C=Cc1c(CO)nn(C)c1-c1ccc(C)nc1. The minimum atomic E-state index is -0.0888. The van der Waals surface area contributed by atoms with E-state index in [1.54, 1.807) is 17.0 Å². The van der Waals surface area contributed by atoms with Crippen molar-refractivity contribution >= 4 is 6.08 Å². The quantitative estimate of drug-likeness (QED) is 0.874. The number of hydrogen-bond donors (Lipinski definition) is 1. The lowest BCUT2D eigenvalue weighted by Gasteiger charge is -2.04. The first-order chi connectivity index (χ1) is 8.17. The summed E-state index contributed by atoms with van der Waals surface area (Å²) in [7, 11) is 1.85. The van der Waals surface area contributed by atoms with Gasteiger partial charge in [-0.2, -0.15) is 5.10 Å². The molecule has 0 amide bonds. The van der Waals surface area contributed by atoms with Gasteiger partial charge >= 0.3 is 0 Å². The highest BCUT2D eigenvalue weighted by atomic mass is 16.3. The van der Waals surface area contributed by atoms with Gasteiger partial charge < -0.3 is 5.11 Å². The summed E-state index contributed by atoms with van der Waals surface area (Å²) in [6.45, 7) is 5.63. The molecule has 0 bridgehead atoms. The number of aliphatic hydroxyl groups is 1. The van der Waals surface area contributed by atoms with E-state index in [1.807, 2.05) is 26.1 Å². The van der Waals surface area contributed by atoms with Gasteiger partial charge in [0.15, 0.2) is 0 Å². The Morgan fingerprint density at radius 2 is 2.24 bits per heavy atom. The van der Waals surface area contributed by atoms with E-state index in [9.17, 15) is 5.11 Å². The Labute approximate surface area is 100 Å². The van der Waals surface area contributed by atoms with Gasteiger partial charge in [-0.3, -0.25) is 9.67 Å². The van der Waals surface area contributed by atoms with Gasteiger partial charge in [-0.25, -0.2) is 0 Å². The van der Waals surface area contributed by atoms with E-state index in [0.717, 1.165) is 22.5 Å². The molecule has 17 heavy (non-hydrogen) atoms. The molecule has 88 valence electrons. The van der Waals surface area contributed by atoms with E-state index in [1.165, 1.54) is 0 Å². The molecule has 0 radical (unpaired) electrons. The van der Waals surface area contributed by atoms with Crippen LogP contribution in [0, 0.1) is 6.92 Å². The second-order valence-electron chi connectivity index (χ2n) is 3.88. The van der Waals surface area contributed by atoms with Crippen molar-refractivity contribution in [3.05, 3.63) is 41.9 Å². The number of aromatic nitrogens is 3. The van der Waals surface area contributed by atoms with Crippen LogP contribution in [0.25, 0.3) is 17.3 Å². The van der Waals surface area contributed by atoms with E-state index in [-0.39, 0.29) is 6.61 Å². The molecule has 1 N–H and O–H groups in total. The monoisotopic (exact) mass is 229 g/mol. The van der Waals surface area contributed by atoms with Gasteiger partial charge in [0.25, 0.3) is 0 Å². The molecular weight excluding hydrogens is 214 g/mol. The molecule has 0 saturated heterocycles. The maximum absolute atomic E-state index is 9.24. The molecule has 0 saturated carbocycles. The topological polar surface area (TPSA) is 50.9 Å². The van der Waals surface area contributed by atoms with Gasteiger partial charge in [0.1, 0.15) is 0 Å². The summed E-state index contributed by atoms with van der Waals surface area (Å²) in [5, 5.41) is 13.5. The van der Waals surface area contributed by atoms with Gasteiger partial charge in [-0.05, 0) is 19.1 Å². The lowest BCUT2D eigenvalue weighted by Crippen LogP contribution is -1.95. The zero-order valence-corrected chi connectivity index (χ0v) is 10.0. The van der Waals surface area contributed by atoms with Crippen LogP contribution in [0.4, 0.5) is 0 Å². The Kier molecular flexibility index (Phi) is 3.06. The zero-order chi connectivity index (χ0) is 12.4. The first-order valence-electron chi connectivity index (χ1n) is 5.39. The number of nitrogens with zero attached hydrogens (tertiary/aromatic N) is 3. The third-order valence-corrected chi connectivity index (χ3v) is 2.70. The van der Waals surface area contributed by atoms with Crippen molar-refractivity contribution in [1.82, 2.24) is 14.8 Å². The molecule has 2 heterocycles. The summed E-state index contributed by atoms with van der Waals surface area (Å²) >= 11 is 0. The molecule has 0 atom stereocenters. The zero-order valence-electron chi connectivity index (χ0n) is 10.0. The molecule has 2 aromatic rings. The molecule has 0 aromatic carbocycles. The van der Waals surface area contributed by atoms with E-state index < -0.39 is 0 Å². The van der Waals surface area contributed by atoms with Gasteiger partial charge in [-0.1, -0.05) is 12.7 Å². The Bertz CT molecular complexity index is 541. The van der Waals surface area contributed by atoms with E-state index in [4.69, 9.17) is 0 Å². The molecule has 0 spiro atoms.